The van der Waals surface area contributed by atoms with Crippen molar-refractivity contribution in [2.24, 2.45) is 5.10 Å². The fraction of sp³-hybridized carbons (Fsp3) is 0.120. The molecule has 8 heteroatoms. The molecule has 1 amide bonds. The summed E-state index contributed by atoms with van der Waals surface area (Å²) in [5.74, 6) is 0.800. The Balaban J connectivity index is 1.47. The summed E-state index contributed by atoms with van der Waals surface area (Å²) in [4.78, 5) is 26.0. The van der Waals surface area contributed by atoms with Gasteiger partial charge in [0.25, 0.3) is 11.5 Å². The Hall–Kier alpha value is -4.46. The largest absolute Gasteiger partial charge is 0.454 e. The molecule has 0 atom stereocenters. The van der Waals surface area contributed by atoms with E-state index in [2.05, 4.69) is 15.6 Å². The molecule has 0 saturated heterocycles. The average Bonchev–Trinajstić information content (AvgIpc) is 3.33. The van der Waals surface area contributed by atoms with Gasteiger partial charge in [0.15, 0.2) is 17.2 Å². The zero-order valence-electron chi connectivity index (χ0n) is 17.8. The van der Waals surface area contributed by atoms with Crippen LogP contribution in [0.15, 0.2) is 82.7 Å². The van der Waals surface area contributed by atoms with E-state index in [1.807, 2.05) is 36.4 Å². The lowest BCUT2D eigenvalue weighted by atomic mass is 10.1. The van der Waals surface area contributed by atoms with Crippen molar-refractivity contribution < 1.29 is 14.3 Å². The maximum atomic E-state index is 13.1. The minimum atomic E-state index is -0.506. The minimum Gasteiger partial charge on any atom is -0.454 e. The standard InChI is InChI=1S/C25H20N4O4/c1-16(18-11-12-21-22(13-18)33-15-32-21)26-27-24(30)23-19-9-5-6-10-20(19)25(31)29(28-23)14-17-7-3-2-4-8-17/h2-13H,14-15H2,1H3,(H,27,30)/b26-16-. The first-order valence-corrected chi connectivity index (χ1v) is 10.4. The highest BCUT2D eigenvalue weighted by Gasteiger charge is 2.18. The van der Waals surface area contributed by atoms with Gasteiger partial charge in [-0.2, -0.15) is 10.2 Å². The number of carbonyl (C=O) groups excluding carboxylic acids is 1. The third-order valence-electron chi connectivity index (χ3n) is 5.37. The number of aromatic nitrogens is 2. The lowest BCUT2D eigenvalue weighted by Crippen LogP contribution is -2.29. The van der Waals surface area contributed by atoms with Crippen LogP contribution in [-0.4, -0.2) is 28.2 Å². The third-order valence-corrected chi connectivity index (χ3v) is 5.37. The van der Waals surface area contributed by atoms with Crippen LogP contribution in [0.5, 0.6) is 11.5 Å². The van der Waals surface area contributed by atoms with Crippen LogP contribution in [0.25, 0.3) is 10.8 Å². The van der Waals surface area contributed by atoms with Crippen LogP contribution in [0.2, 0.25) is 0 Å². The molecular weight excluding hydrogens is 420 g/mol. The molecule has 1 aliphatic heterocycles. The van der Waals surface area contributed by atoms with Crippen LogP contribution in [0.3, 0.4) is 0 Å². The first-order chi connectivity index (χ1) is 16.1. The Morgan fingerprint density at radius 3 is 2.55 bits per heavy atom. The Morgan fingerprint density at radius 1 is 1.00 bits per heavy atom. The van der Waals surface area contributed by atoms with Gasteiger partial charge in [-0.25, -0.2) is 10.1 Å². The molecule has 33 heavy (non-hydrogen) atoms. The van der Waals surface area contributed by atoms with Gasteiger partial charge in [-0.05, 0) is 36.8 Å². The summed E-state index contributed by atoms with van der Waals surface area (Å²) >= 11 is 0. The van der Waals surface area contributed by atoms with E-state index in [0.29, 0.717) is 28.0 Å². The first-order valence-electron chi connectivity index (χ1n) is 10.4. The quantitative estimate of drug-likeness (QED) is 0.379. The number of amides is 1. The van der Waals surface area contributed by atoms with E-state index in [-0.39, 0.29) is 24.6 Å². The molecule has 3 aromatic carbocycles. The zero-order valence-corrected chi connectivity index (χ0v) is 17.8. The van der Waals surface area contributed by atoms with E-state index in [0.717, 1.165) is 11.1 Å². The SMILES string of the molecule is C/C(=N/NC(=O)c1nn(Cc2ccccc2)c(=O)c2ccccc12)c1ccc2c(c1)OCO2. The van der Waals surface area contributed by atoms with Crippen molar-refractivity contribution in [3.8, 4) is 11.5 Å². The van der Waals surface area contributed by atoms with E-state index in [1.165, 1.54) is 4.68 Å². The third kappa shape index (κ3) is 4.06. The van der Waals surface area contributed by atoms with Crippen molar-refractivity contribution in [1.29, 1.82) is 0 Å². The molecule has 164 valence electrons. The predicted molar refractivity (Wildman–Crippen MR) is 124 cm³/mol. The molecule has 2 heterocycles. The van der Waals surface area contributed by atoms with Gasteiger partial charge in [-0.3, -0.25) is 9.59 Å². The fourth-order valence-corrected chi connectivity index (χ4v) is 3.64. The van der Waals surface area contributed by atoms with Crippen LogP contribution in [0.1, 0.15) is 28.5 Å². The van der Waals surface area contributed by atoms with Crippen LogP contribution in [0.4, 0.5) is 0 Å². The van der Waals surface area contributed by atoms with Gasteiger partial charge in [0.2, 0.25) is 6.79 Å². The predicted octanol–water partition coefficient (Wildman–Crippen LogP) is 3.33. The number of rotatable bonds is 5. The lowest BCUT2D eigenvalue weighted by Gasteiger charge is -2.10. The number of hydrogen-bond acceptors (Lipinski definition) is 6. The van der Waals surface area contributed by atoms with Gasteiger partial charge in [0, 0.05) is 10.9 Å². The summed E-state index contributed by atoms with van der Waals surface area (Å²) < 4.78 is 12.0. The van der Waals surface area contributed by atoms with E-state index in [4.69, 9.17) is 9.47 Å². The van der Waals surface area contributed by atoms with E-state index in [9.17, 15) is 9.59 Å². The van der Waals surface area contributed by atoms with Crippen LogP contribution in [-0.2, 0) is 6.54 Å². The second kappa shape index (κ2) is 8.58. The molecule has 0 radical (unpaired) electrons. The minimum absolute atomic E-state index is 0.128. The molecular formula is C25H20N4O4. The molecule has 5 rings (SSSR count). The number of nitrogens with zero attached hydrogens (tertiary/aromatic N) is 3. The molecule has 0 unspecified atom stereocenters. The number of carbonyl (C=O) groups is 1. The first kappa shape index (κ1) is 20.4. The van der Waals surface area contributed by atoms with Gasteiger partial charge in [-0.1, -0.05) is 48.5 Å². The average molecular weight is 440 g/mol. The van der Waals surface area contributed by atoms with Crippen LogP contribution < -0.4 is 20.5 Å². The zero-order chi connectivity index (χ0) is 22.8. The maximum Gasteiger partial charge on any atom is 0.292 e. The van der Waals surface area contributed by atoms with Gasteiger partial charge in [0.05, 0.1) is 17.6 Å². The Bertz CT molecular complexity index is 1440. The van der Waals surface area contributed by atoms with Crippen LogP contribution >= 0.6 is 0 Å². The summed E-state index contributed by atoms with van der Waals surface area (Å²) in [6.07, 6.45) is 0. The smallest absolute Gasteiger partial charge is 0.292 e. The lowest BCUT2D eigenvalue weighted by molar-refractivity contribution is 0.0949. The Morgan fingerprint density at radius 2 is 1.73 bits per heavy atom. The molecule has 0 bridgehead atoms. The molecule has 1 N–H and O–H groups in total. The van der Waals surface area contributed by atoms with Gasteiger partial charge in [0.1, 0.15) is 0 Å². The van der Waals surface area contributed by atoms with Crippen LogP contribution in [0, 0.1) is 0 Å². The fourth-order valence-electron chi connectivity index (χ4n) is 3.64. The highest BCUT2D eigenvalue weighted by Crippen LogP contribution is 2.32. The number of hydrogen-bond donors (Lipinski definition) is 1. The maximum absolute atomic E-state index is 13.1. The van der Waals surface area contributed by atoms with Gasteiger partial charge >= 0.3 is 0 Å². The normalized spacial score (nSPS) is 12.7. The second-order valence-electron chi connectivity index (χ2n) is 7.55. The molecule has 0 fully saturated rings. The second-order valence-corrected chi connectivity index (χ2v) is 7.55. The number of ether oxygens (including phenoxy) is 2. The van der Waals surface area contributed by atoms with Crippen molar-refractivity contribution in [3.05, 3.63) is 100.0 Å². The summed E-state index contributed by atoms with van der Waals surface area (Å²) in [5.41, 5.74) is 4.71. The molecule has 1 aliphatic rings. The summed E-state index contributed by atoms with van der Waals surface area (Å²) in [5, 5.41) is 9.51. The number of benzene rings is 3. The Labute approximate surface area is 189 Å². The molecule has 8 nitrogen and oxygen atoms in total. The number of nitrogens with one attached hydrogen (secondary N) is 1. The van der Waals surface area contributed by atoms with Crippen molar-refractivity contribution >= 4 is 22.4 Å². The van der Waals surface area contributed by atoms with Gasteiger partial charge < -0.3 is 9.47 Å². The summed E-state index contributed by atoms with van der Waals surface area (Å²) in [7, 11) is 0. The van der Waals surface area contributed by atoms with E-state index in [1.54, 1.807) is 43.3 Å². The Kier molecular flexibility index (Phi) is 5.32. The highest BCUT2D eigenvalue weighted by atomic mass is 16.7. The molecule has 0 saturated carbocycles. The topological polar surface area (TPSA) is 94.8 Å². The molecule has 1 aromatic heterocycles. The van der Waals surface area contributed by atoms with Crippen molar-refractivity contribution in [2.45, 2.75) is 13.5 Å². The molecule has 0 aliphatic carbocycles. The molecule has 4 aromatic rings. The molecule has 0 spiro atoms. The highest BCUT2D eigenvalue weighted by molar-refractivity contribution is 6.06. The van der Waals surface area contributed by atoms with Crippen molar-refractivity contribution in [2.75, 3.05) is 6.79 Å². The summed E-state index contributed by atoms with van der Waals surface area (Å²) in [6.45, 7) is 2.22. The number of fused-ring (bicyclic) bond motifs is 2. The monoisotopic (exact) mass is 440 g/mol. The van der Waals surface area contributed by atoms with Gasteiger partial charge in [-0.15, -0.1) is 0 Å². The number of hydrazone groups is 1. The van der Waals surface area contributed by atoms with E-state index >= 15 is 0 Å². The summed E-state index contributed by atoms with van der Waals surface area (Å²) in [6, 6.07) is 21.9. The van der Waals surface area contributed by atoms with Crippen molar-refractivity contribution in [1.82, 2.24) is 15.2 Å². The van der Waals surface area contributed by atoms with Crippen molar-refractivity contribution in [3.63, 3.8) is 0 Å². The van der Waals surface area contributed by atoms with E-state index < -0.39 is 5.91 Å².